The van der Waals surface area contributed by atoms with Gasteiger partial charge in [-0.2, -0.15) is 0 Å². The number of hydrogen-bond acceptors (Lipinski definition) is 4. The van der Waals surface area contributed by atoms with Gasteiger partial charge >= 0.3 is 0 Å². The van der Waals surface area contributed by atoms with Crippen LogP contribution in [0.1, 0.15) is 18.0 Å². The monoisotopic (exact) mass is 250 g/mol. The van der Waals surface area contributed by atoms with E-state index in [4.69, 9.17) is 15.2 Å². The van der Waals surface area contributed by atoms with Gasteiger partial charge in [0, 0.05) is 18.7 Å². The molecule has 2 unspecified atom stereocenters. The van der Waals surface area contributed by atoms with E-state index in [-0.39, 0.29) is 0 Å². The lowest BCUT2D eigenvalue weighted by atomic mass is 9.99. The van der Waals surface area contributed by atoms with Crippen LogP contribution in [-0.4, -0.2) is 39.3 Å². The summed E-state index contributed by atoms with van der Waals surface area (Å²) in [6, 6.07) is 6.48. The number of ether oxygens (including phenoxy) is 2. The van der Waals surface area contributed by atoms with Gasteiger partial charge in [0.15, 0.2) is 0 Å². The van der Waals surface area contributed by atoms with Crippen LogP contribution >= 0.6 is 0 Å². The zero-order chi connectivity index (χ0) is 13.1. The lowest BCUT2D eigenvalue weighted by Crippen LogP contribution is -2.20. The van der Waals surface area contributed by atoms with Gasteiger partial charge in [-0.05, 0) is 43.6 Å². The van der Waals surface area contributed by atoms with E-state index in [1.807, 2.05) is 6.07 Å². The highest BCUT2D eigenvalue weighted by Crippen LogP contribution is 2.36. The van der Waals surface area contributed by atoms with Crippen LogP contribution in [0.2, 0.25) is 0 Å². The van der Waals surface area contributed by atoms with E-state index >= 15 is 0 Å². The standard InChI is InChI=1S/C14H22N2O2/c1-16-9-10(8-15)4-14(16)11-5-12(17-2)7-13(6-11)18-3/h5-7,10,14H,4,8-9,15H2,1-3H3. The Kier molecular flexibility index (Phi) is 4.09. The molecule has 1 heterocycles. The van der Waals surface area contributed by atoms with Crippen LogP contribution in [0.4, 0.5) is 0 Å². The van der Waals surface area contributed by atoms with Crippen molar-refractivity contribution in [1.29, 1.82) is 0 Å². The van der Waals surface area contributed by atoms with Crippen molar-refractivity contribution in [3.8, 4) is 11.5 Å². The van der Waals surface area contributed by atoms with E-state index in [2.05, 4.69) is 24.1 Å². The molecule has 2 atom stereocenters. The maximum atomic E-state index is 5.77. The van der Waals surface area contributed by atoms with Crippen molar-refractivity contribution in [3.05, 3.63) is 23.8 Å². The molecule has 1 aromatic carbocycles. The molecule has 0 amide bonds. The Labute approximate surface area is 109 Å². The lowest BCUT2D eigenvalue weighted by Gasteiger charge is -2.20. The van der Waals surface area contributed by atoms with Crippen LogP contribution in [-0.2, 0) is 0 Å². The summed E-state index contributed by atoms with van der Waals surface area (Å²) in [5.41, 5.74) is 7.01. The molecule has 0 spiro atoms. The second-order valence-electron chi connectivity index (χ2n) is 4.94. The fourth-order valence-electron chi connectivity index (χ4n) is 2.69. The van der Waals surface area contributed by atoms with Gasteiger partial charge in [0.05, 0.1) is 14.2 Å². The van der Waals surface area contributed by atoms with Gasteiger partial charge in [-0.25, -0.2) is 0 Å². The average molecular weight is 250 g/mol. The van der Waals surface area contributed by atoms with Crippen molar-refractivity contribution in [2.24, 2.45) is 11.7 Å². The summed E-state index contributed by atoms with van der Waals surface area (Å²) in [5, 5.41) is 0. The summed E-state index contributed by atoms with van der Waals surface area (Å²) >= 11 is 0. The summed E-state index contributed by atoms with van der Waals surface area (Å²) in [5.74, 6) is 2.26. The number of nitrogens with zero attached hydrogens (tertiary/aromatic N) is 1. The van der Waals surface area contributed by atoms with Crippen molar-refractivity contribution in [2.45, 2.75) is 12.5 Å². The summed E-state index contributed by atoms with van der Waals surface area (Å²) in [6.45, 7) is 1.81. The molecule has 1 fully saturated rings. The molecule has 0 radical (unpaired) electrons. The van der Waals surface area contributed by atoms with Crippen molar-refractivity contribution >= 4 is 0 Å². The van der Waals surface area contributed by atoms with Crippen molar-refractivity contribution < 1.29 is 9.47 Å². The number of hydrogen-bond donors (Lipinski definition) is 1. The van der Waals surface area contributed by atoms with Crippen LogP contribution in [0.15, 0.2) is 18.2 Å². The molecule has 4 heteroatoms. The summed E-state index contributed by atoms with van der Waals surface area (Å²) in [6.07, 6.45) is 1.10. The van der Waals surface area contributed by atoms with Gasteiger partial charge in [-0.3, -0.25) is 4.90 Å². The van der Waals surface area contributed by atoms with Gasteiger partial charge in [0.2, 0.25) is 0 Å². The molecule has 18 heavy (non-hydrogen) atoms. The minimum absolute atomic E-state index is 0.405. The molecule has 4 nitrogen and oxygen atoms in total. The predicted octanol–water partition coefficient (Wildman–Crippen LogP) is 1.66. The second kappa shape index (κ2) is 5.59. The van der Waals surface area contributed by atoms with Crippen LogP contribution in [0.5, 0.6) is 11.5 Å². The maximum absolute atomic E-state index is 5.77. The fraction of sp³-hybridized carbons (Fsp3) is 0.571. The minimum atomic E-state index is 0.405. The van der Waals surface area contributed by atoms with Crippen molar-refractivity contribution in [2.75, 3.05) is 34.4 Å². The predicted molar refractivity (Wildman–Crippen MR) is 72.1 cm³/mol. The summed E-state index contributed by atoms with van der Waals surface area (Å²) in [4.78, 5) is 2.35. The Morgan fingerprint density at radius 1 is 1.22 bits per heavy atom. The molecule has 0 aliphatic carbocycles. The Balaban J connectivity index is 2.27. The minimum Gasteiger partial charge on any atom is -0.497 e. The smallest absolute Gasteiger partial charge is 0.122 e. The first-order valence-corrected chi connectivity index (χ1v) is 6.31. The Morgan fingerprint density at radius 2 is 1.83 bits per heavy atom. The highest BCUT2D eigenvalue weighted by Gasteiger charge is 2.30. The maximum Gasteiger partial charge on any atom is 0.122 e. The lowest BCUT2D eigenvalue weighted by molar-refractivity contribution is 0.311. The molecule has 100 valence electrons. The fourth-order valence-corrected chi connectivity index (χ4v) is 2.69. The molecule has 1 aromatic rings. The highest BCUT2D eigenvalue weighted by molar-refractivity contribution is 5.40. The van der Waals surface area contributed by atoms with E-state index in [1.165, 1.54) is 5.56 Å². The van der Waals surface area contributed by atoms with E-state index in [9.17, 15) is 0 Å². The third-order valence-electron chi connectivity index (χ3n) is 3.73. The average Bonchev–Trinajstić information content (AvgIpc) is 2.79. The number of likely N-dealkylation sites (tertiary alicyclic amines) is 1. The molecule has 0 saturated carbocycles. The molecule has 0 aromatic heterocycles. The third kappa shape index (κ3) is 2.60. The van der Waals surface area contributed by atoms with Crippen LogP contribution in [0, 0.1) is 5.92 Å². The van der Waals surface area contributed by atoms with Gasteiger partial charge in [0.25, 0.3) is 0 Å². The highest BCUT2D eigenvalue weighted by atomic mass is 16.5. The molecule has 0 bridgehead atoms. The topological polar surface area (TPSA) is 47.7 Å². The first-order valence-electron chi connectivity index (χ1n) is 6.31. The molecule has 2 N–H and O–H groups in total. The van der Waals surface area contributed by atoms with Crippen LogP contribution < -0.4 is 15.2 Å². The Morgan fingerprint density at radius 3 is 2.28 bits per heavy atom. The van der Waals surface area contributed by atoms with E-state index in [1.54, 1.807) is 14.2 Å². The number of rotatable bonds is 4. The quantitative estimate of drug-likeness (QED) is 0.883. The first kappa shape index (κ1) is 13.2. The van der Waals surface area contributed by atoms with Gasteiger partial charge in [-0.1, -0.05) is 0 Å². The van der Waals surface area contributed by atoms with E-state index in [0.717, 1.165) is 31.0 Å². The van der Waals surface area contributed by atoms with Crippen molar-refractivity contribution in [1.82, 2.24) is 4.90 Å². The normalized spacial score (nSPS) is 24.2. The molecule has 2 rings (SSSR count). The van der Waals surface area contributed by atoms with Gasteiger partial charge in [-0.15, -0.1) is 0 Å². The largest absolute Gasteiger partial charge is 0.497 e. The number of nitrogens with two attached hydrogens (primary N) is 1. The van der Waals surface area contributed by atoms with Gasteiger partial charge in [0.1, 0.15) is 11.5 Å². The molecule has 1 saturated heterocycles. The van der Waals surface area contributed by atoms with Crippen LogP contribution in [0.25, 0.3) is 0 Å². The second-order valence-corrected chi connectivity index (χ2v) is 4.94. The van der Waals surface area contributed by atoms with E-state index < -0.39 is 0 Å². The first-order chi connectivity index (χ1) is 8.67. The number of benzene rings is 1. The zero-order valence-electron chi connectivity index (χ0n) is 11.3. The molecular formula is C14H22N2O2. The van der Waals surface area contributed by atoms with E-state index in [0.29, 0.717) is 12.0 Å². The zero-order valence-corrected chi connectivity index (χ0v) is 11.3. The Bertz CT molecular complexity index is 387. The molecule has 1 aliphatic rings. The molecule has 1 aliphatic heterocycles. The Hall–Kier alpha value is -1.26. The van der Waals surface area contributed by atoms with Gasteiger partial charge < -0.3 is 15.2 Å². The molecular weight excluding hydrogens is 228 g/mol. The SMILES string of the molecule is COc1cc(OC)cc(C2CC(CN)CN2C)c1. The third-order valence-corrected chi connectivity index (χ3v) is 3.73. The van der Waals surface area contributed by atoms with Crippen LogP contribution in [0.3, 0.4) is 0 Å². The summed E-state index contributed by atoms with van der Waals surface area (Å²) < 4.78 is 10.6. The summed E-state index contributed by atoms with van der Waals surface area (Å²) in [7, 11) is 5.51. The number of methoxy groups -OCH3 is 2. The van der Waals surface area contributed by atoms with Crippen molar-refractivity contribution in [3.63, 3.8) is 0 Å².